The Bertz CT molecular complexity index is 614. The average molecular weight is 285 g/mol. The number of carboxylic acid groups (broad SMARTS) is 1. The van der Waals surface area contributed by atoms with E-state index in [-0.39, 0.29) is 23.3 Å². The van der Waals surface area contributed by atoms with Gasteiger partial charge in [0.15, 0.2) is 9.84 Å². The molecule has 1 unspecified atom stereocenters. The van der Waals surface area contributed by atoms with Crippen molar-refractivity contribution in [1.29, 1.82) is 0 Å². The quantitative estimate of drug-likeness (QED) is 0.910. The molecule has 19 heavy (non-hydrogen) atoms. The lowest BCUT2D eigenvalue weighted by Gasteiger charge is -2.18. The first-order valence-electron chi connectivity index (χ1n) is 6.44. The van der Waals surface area contributed by atoms with Crippen molar-refractivity contribution in [1.82, 2.24) is 4.98 Å². The number of oxazole rings is 1. The van der Waals surface area contributed by atoms with Crippen molar-refractivity contribution in [2.75, 3.05) is 5.75 Å². The van der Waals surface area contributed by atoms with Crippen LogP contribution in [-0.2, 0) is 9.84 Å². The van der Waals surface area contributed by atoms with Gasteiger partial charge in [-0.3, -0.25) is 0 Å². The lowest BCUT2D eigenvalue weighted by molar-refractivity contribution is 0.0658. The summed E-state index contributed by atoms with van der Waals surface area (Å²) >= 11 is 0. The standard InChI is InChI=1S/C12H15NO5S/c14-12(15)10-9(7-4-5-7)13-11(18-10)8-3-1-2-6-19(8,16)17/h7-8H,1-6H2,(H,14,15). The van der Waals surface area contributed by atoms with E-state index in [9.17, 15) is 13.2 Å². The number of hydrogen-bond acceptors (Lipinski definition) is 5. The lowest BCUT2D eigenvalue weighted by atomic mass is 10.2. The zero-order chi connectivity index (χ0) is 13.6. The maximum absolute atomic E-state index is 12.0. The van der Waals surface area contributed by atoms with Gasteiger partial charge in [0, 0.05) is 5.92 Å². The molecule has 1 saturated heterocycles. The Morgan fingerprint density at radius 2 is 2.00 bits per heavy atom. The van der Waals surface area contributed by atoms with Crippen LogP contribution in [0.2, 0.25) is 0 Å². The van der Waals surface area contributed by atoms with Gasteiger partial charge >= 0.3 is 5.97 Å². The summed E-state index contributed by atoms with van der Waals surface area (Å²) in [6.07, 6.45) is 3.70. The fourth-order valence-corrected chi connectivity index (χ4v) is 4.33. The summed E-state index contributed by atoms with van der Waals surface area (Å²) in [5.74, 6) is -1.04. The number of carboxylic acids is 1. The van der Waals surface area contributed by atoms with Crippen molar-refractivity contribution in [3.05, 3.63) is 17.3 Å². The highest BCUT2D eigenvalue weighted by Crippen LogP contribution is 2.43. The average Bonchev–Trinajstić information content (AvgIpc) is 3.08. The molecule has 2 fully saturated rings. The SMILES string of the molecule is O=C(O)c1oc(C2CCCCS2(=O)=O)nc1C1CC1. The van der Waals surface area contributed by atoms with Crippen LogP contribution in [0.5, 0.6) is 0 Å². The van der Waals surface area contributed by atoms with Crippen molar-refractivity contribution < 1.29 is 22.7 Å². The molecule has 7 heteroatoms. The second kappa shape index (κ2) is 4.33. The van der Waals surface area contributed by atoms with Gasteiger partial charge in [0.1, 0.15) is 5.25 Å². The Morgan fingerprint density at radius 1 is 1.26 bits per heavy atom. The van der Waals surface area contributed by atoms with Crippen LogP contribution in [0.3, 0.4) is 0 Å². The van der Waals surface area contributed by atoms with Crippen molar-refractivity contribution in [3.63, 3.8) is 0 Å². The Labute approximate surface area is 110 Å². The highest BCUT2D eigenvalue weighted by Gasteiger charge is 2.39. The van der Waals surface area contributed by atoms with Gasteiger partial charge in [0.2, 0.25) is 11.7 Å². The predicted molar refractivity (Wildman–Crippen MR) is 65.8 cm³/mol. The van der Waals surface area contributed by atoms with Gasteiger partial charge in [-0.15, -0.1) is 0 Å². The van der Waals surface area contributed by atoms with Gasteiger partial charge in [-0.25, -0.2) is 18.2 Å². The topological polar surface area (TPSA) is 97.5 Å². The van der Waals surface area contributed by atoms with E-state index >= 15 is 0 Å². The lowest BCUT2D eigenvalue weighted by Crippen LogP contribution is -2.21. The molecule has 1 atom stereocenters. The normalized spacial score (nSPS) is 26.2. The van der Waals surface area contributed by atoms with E-state index in [1.54, 1.807) is 0 Å². The summed E-state index contributed by atoms with van der Waals surface area (Å²) in [5.41, 5.74) is 0.420. The minimum atomic E-state index is -3.26. The third-order valence-corrected chi connectivity index (χ3v) is 5.84. The number of carbonyl (C=O) groups is 1. The molecule has 1 aliphatic carbocycles. The fraction of sp³-hybridized carbons (Fsp3) is 0.667. The molecular weight excluding hydrogens is 270 g/mol. The largest absolute Gasteiger partial charge is 0.475 e. The first-order chi connectivity index (χ1) is 8.99. The Morgan fingerprint density at radius 3 is 2.58 bits per heavy atom. The molecule has 1 aliphatic heterocycles. The van der Waals surface area contributed by atoms with E-state index in [1.165, 1.54) is 0 Å². The molecule has 1 N–H and O–H groups in total. The molecule has 3 rings (SSSR count). The fourth-order valence-electron chi connectivity index (χ4n) is 2.51. The van der Waals surface area contributed by atoms with Crippen molar-refractivity contribution in [3.8, 4) is 0 Å². The second-order valence-electron chi connectivity index (χ2n) is 5.20. The summed E-state index contributed by atoms with van der Waals surface area (Å²) in [7, 11) is -3.26. The zero-order valence-electron chi connectivity index (χ0n) is 10.3. The minimum absolute atomic E-state index is 0.0685. The first-order valence-corrected chi connectivity index (χ1v) is 8.16. The highest BCUT2D eigenvalue weighted by atomic mass is 32.2. The van der Waals surface area contributed by atoms with E-state index in [0.29, 0.717) is 18.5 Å². The van der Waals surface area contributed by atoms with Crippen LogP contribution >= 0.6 is 0 Å². The van der Waals surface area contributed by atoms with Gasteiger partial charge in [0.25, 0.3) is 0 Å². The second-order valence-corrected chi connectivity index (χ2v) is 7.50. The van der Waals surface area contributed by atoms with E-state index < -0.39 is 21.1 Å². The van der Waals surface area contributed by atoms with E-state index in [0.717, 1.165) is 19.3 Å². The predicted octanol–water partition coefficient (Wildman–Crippen LogP) is 1.89. The third kappa shape index (κ3) is 2.27. The molecular formula is C12H15NO5S. The summed E-state index contributed by atoms with van der Waals surface area (Å²) in [4.78, 5) is 15.3. The van der Waals surface area contributed by atoms with Gasteiger partial charge in [-0.1, -0.05) is 6.42 Å². The smallest absolute Gasteiger partial charge is 0.373 e. The zero-order valence-corrected chi connectivity index (χ0v) is 11.1. The van der Waals surface area contributed by atoms with Gasteiger partial charge in [-0.2, -0.15) is 0 Å². The third-order valence-electron chi connectivity index (χ3n) is 3.68. The number of aromatic nitrogens is 1. The number of hydrogen-bond donors (Lipinski definition) is 1. The van der Waals surface area contributed by atoms with E-state index in [1.807, 2.05) is 0 Å². The molecule has 0 amide bonds. The van der Waals surface area contributed by atoms with Crippen LogP contribution in [0.4, 0.5) is 0 Å². The Balaban J connectivity index is 2.01. The molecule has 0 aromatic carbocycles. The molecule has 1 aromatic rings. The van der Waals surface area contributed by atoms with Gasteiger partial charge in [-0.05, 0) is 25.7 Å². The molecule has 104 valence electrons. The molecule has 1 saturated carbocycles. The summed E-state index contributed by atoms with van der Waals surface area (Å²) < 4.78 is 29.3. The molecule has 2 aliphatic rings. The molecule has 6 nitrogen and oxygen atoms in total. The van der Waals surface area contributed by atoms with Crippen LogP contribution in [0, 0.1) is 0 Å². The van der Waals surface area contributed by atoms with Crippen LogP contribution in [-0.4, -0.2) is 30.2 Å². The van der Waals surface area contributed by atoms with Gasteiger partial charge < -0.3 is 9.52 Å². The van der Waals surface area contributed by atoms with Gasteiger partial charge in [0.05, 0.1) is 11.4 Å². The van der Waals surface area contributed by atoms with Crippen molar-refractivity contribution in [2.45, 2.75) is 43.3 Å². The van der Waals surface area contributed by atoms with E-state index in [4.69, 9.17) is 9.52 Å². The Hall–Kier alpha value is -1.37. The van der Waals surface area contributed by atoms with Crippen LogP contribution in [0.1, 0.15) is 65.4 Å². The van der Waals surface area contributed by atoms with E-state index in [2.05, 4.69) is 4.98 Å². The monoisotopic (exact) mass is 285 g/mol. The number of rotatable bonds is 3. The summed E-state index contributed by atoms with van der Waals surface area (Å²) in [6, 6.07) is 0. The number of sulfone groups is 1. The van der Waals surface area contributed by atoms with Crippen molar-refractivity contribution in [2.24, 2.45) is 0 Å². The Kier molecular flexibility index (Phi) is 2.88. The van der Waals surface area contributed by atoms with Crippen molar-refractivity contribution >= 4 is 15.8 Å². The van der Waals surface area contributed by atoms with Crippen LogP contribution in [0.15, 0.2) is 4.42 Å². The molecule has 2 heterocycles. The maximum atomic E-state index is 12.0. The molecule has 0 bridgehead atoms. The highest BCUT2D eigenvalue weighted by molar-refractivity contribution is 7.91. The molecule has 1 aromatic heterocycles. The summed E-state index contributed by atoms with van der Waals surface area (Å²) in [5, 5.41) is 8.33. The van der Waals surface area contributed by atoms with Crippen LogP contribution in [0.25, 0.3) is 0 Å². The molecule has 0 radical (unpaired) electrons. The minimum Gasteiger partial charge on any atom is -0.475 e. The summed E-state index contributed by atoms with van der Waals surface area (Å²) in [6.45, 7) is 0. The first kappa shape index (κ1) is 12.7. The molecule has 0 spiro atoms. The number of nitrogens with zero attached hydrogens (tertiary/aromatic N) is 1. The number of aromatic carboxylic acids is 1. The maximum Gasteiger partial charge on any atom is 0.373 e. The van der Waals surface area contributed by atoms with Crippen LogP contribution < -0.4 is 0 Å².